The Morgan fingerprint density at radius 1 is 1.23 bits per heavy atom. The number of hydrogen-bond acceptors (Lipinski definition) is 4. The highest BCUT2D eigenvalue weighted by molar-refractivity contribution is 7.89. The molecule has 0 aliphatic heterocycles. The molecule has 0 aromatic heterocycles. The molecule has 0 radical (unpaired) electrons. The molecule has 0 aromatic carbocycles. The summed E-state index contributed by atoms with van der Waals surface area (Å²) in [5, 5.41) is 4.59. The molecule has 3 N–H and O–H groups in total. The fourth-order valence-electron chi connectivity index (χ4n) is 0.495. The predicted octanol–water partition coefficient (Wildman–Crippen LogP) is -2.33. The normalized spacial score (nSPS) is 13.5. The minimum Gasteiger partial charge on any atom is -0.216 e. The van der Waals surface area contributed by atoms with E-state index in [-0.39, 0.29) is 12.3 Å². The van der Waals surface area contributed by atoms with Gasteiger partial charge in [-0.2, -0.15) is 8.42 Å². The zero-order chi connectivity index (χ0) is 10.7. The second-order valence-electron chi connectivity index (χ2n) is 2.54. The SMILES string of the molecule is CN(C)S(=O)(=O)CCNS(N)(=O)=O. The molecule has 0 rings (SSSR count). The van der Waals surface area contributed by atoms with Gasteiger partial charge >= 0.3 is 0 Å². The average Bonchev–Trinajstić information content (AvgIpc) is 1.82. The Kier molecular flexibility index (Phi) is 4.26. The van der Waals surface area contributed by atoms with Crippen molar-refractivity contribution in [2.24, 2.45) is 5.14 Å². The highest BCUT2D eigenvalue weighted by Gasteiger charge is 2.13. The molecule has 7 nitrogen and oxygen atoms in total. The van der Waals surface area contributed by atoms with Crippen LogP contribution in [0.5, 0.6) is 0 Å². The van der Waals surface area contributed by atoms with Crippen molar-refractivity contribution in [1.82, 2.24) is 9.03 Å². The van der Waals surface area contributed by atoms with E-state index < -0.39 is 20.2 Å². The van der Waals surface area contributed by atoms with Crippen LogP contribution in [0, 0.1) is 0 Å². The molecule has 0 bridgehead atoms. The zero-order valence-corrected chi connectivity index (χ0v) is 9.02. The van der Waals surface area contributed by atoms with Gasteiger partial charge in [-0.15, -0.1) is 0 Å². The predicted molar refractivity (Wildman–Crippen MR) is 48.6 cm³/mol. The number of rotatable bonds is 5. The fraction of sp³-hybridized carbons (Fsp3) is 1.00. The van der Waals surface area contributed by atoms with Gasteiger partial charge in [0.05, 0.1) is 5.75 Å². The third-order valence-electron chi connectivity index (χ3n) is 1.22. The van der Waals surface area contributed by atoms with Crippen LogP contribution in [0.4, 0.5) is 0 Å². The van der Waals surface area contributed by atoms with E-state index in [0.717, 1.165) is 4.31 Å². The minimum absolute atomic E-state index is 0.223. The van der Waals surface area contributed by atoms with Crippen LogP contribution in [0.25, 0.3) is 0 Å². The fourth-order valence-corrected chi connectivity index (χ4v) is 1.74. The first-order valence-electron chi connectivity index (χ1n) is 3.33. The lowest BCUT2D eigenvalue weighted by molar-refractivity contribution is 0.519. The van der Waals surface area contributed by atoms with Crippen LogP contribution in [-0.4, -0.2) is 47.5 Å². The first kappa shape index (κ1) is 12.8. The quantitative estimate of drug-likeness (QED) is 0.553. The Morgan fingerprint density at radius 3 is 2.00 bits per heavy atom. The van der Waals surface area contributed by atoms with Crippen molar-refractivity contribution in [2.75, 3.05) is 26.4 Å². The van der Waals surface area contributed by atoms with Gasteiger partial charge in [-0.05, 0) is 0 Å². The molecule has 0 aromatic rings. The van der Waals surface area contributed by atoms with E-state index in [1.807, 2.05) is 4.72 Å². The van der Waals surface area contributed by atoms with Crippen molar-refractivity contribution in [3.05, 3.63) is 0 Å². The third kappa shape index (κ3) is 5.93. The highest BCUT2D eigenvalue weighted by Crippen LogP contribution is 1.91. The van der Waals surface area contributed by atoms with Gasteiger partial charge in [-0.25, -0.2) is 22.6 Å². The number of nitrogens with zero attached hydrogens (tertiary/aromatic N) is 1. The van der Waals surface area contributed by atoms with E-state index in [1.165, 1.54) is 14.1 Å². The molecular weight excluding hydrogens is 218 g/mol. The lowest BCUT2D eigenvalue weighted by Gasteiger charge is -2.10. The van der Waals surface area contributed by atoms with Crippen molar-refractivity contribution in [1.29, 1.82) is 0 Å². The van der Waals surface area contributed by atoms with Crippen LogP contribution in [0.15, 0.2) is 0 Å². The molecule has 0 aliphatic carbocycles. The molecule has 0 aliphatic rings. The number of nitrogens with two attached hydrogens (primary N) is 1. The van der Waals surface area contributed by atoms with Crippen molar-refractivity contribution >= 4 is 20.2 Å². The molecule has 0 atom stereocenters. The molecule has 0 heterocycles. The summed E-state index contributed by atoms with van der Waals surface area (Å²) in [6, 6.07) is 0. The first-order valence-corrected chi connectivity index (χ1v) is 6.48. The number of sulfonamides is 1. The second kappa shape index (κ2) is 4.33. The molecule has 0 unspecified atom stereocenters. The van der Waals surface area contributed by atoms with Crippen LogP contribution in [-0.2, 0) is 20.2 Å². The molecule has 9 heteroatoms. The van der Waals surface area contributed by atoms with E-state index in [2.05, 4.69) is 5.14 Å². The van der Waals surface area contributed by atoms with E-state index in [0.29, 0.717) is 0 Å². The monoisotopic (exact) mass is 231 g/mol. The average molecular weight is 231 g/mol. The van der Waals surface area contributed by atoms with Gasteiger partial charge in [0.15, 0.2) is 0 Å². The molecule has 0 saturated carbocycles. The van der Waals surface area contributed by atoms with Crippen LogP contribution < -0.4 is 9.86 Å². The van der Waals surface area contributed by atoms with Crippen molar-refractivity contribution < 1.29 is 16.8 Å². The summed E-state index contributed by atoms with van der Waals surface area (Å²) in [6.07, 6.45) is 0. The van der Waals surface area contributed by atoms with Crippen LogP contribution >= 0.6 is 0 Å². The molecule has 0 amide bonds. The Morgan fingerprint density at radius 2 is 1.69 bits per heavy atom. The van der Waals surface area contributed by atoms with Gasteiger partial charge < -0.3 is 0 Å². The van der Waals surface area contributed by atoms with Crippen molar-refractivity contribution in [2.45, 2.75) is 0 Å². The summed E-state index contributed by atoms with van der Waals surface area (Å²) < 4.78 is 45.7. The molecule has 13 heavy (non-hydrogen) atoms. The van der Waals surface area contributed by atoms with Crippen molar-refractivity contribution in [3.63, 3.8) is 0 Å². The Bertz CT molecular complexity index is 344. The van der Waals surface area contributed by atoms with Crippen LogP contribution in [0.1, 0.15) is 0 Å². The van der Waals surface area contributed by atoms with E-state index in [4.69, 9.17) is 0 Å². The lowest BCUT2D eigenvalue weighted by atomic mass is 10.8. The van der Waals surface area contributed by atoms with Crippen molar-refractivity contribution in [3.8, 4) is 0 Å². The highest BCUT2D eigenvalue weighted by atomic mass is 32.2. The van der Waals surface area contributed by atoms with Crippen LogP contribution in [0.3, 0.4) is 0 Å². The second-order valence-corrected chi connectivity index (χ2v) is 6.22. The van der Waals surface area contributed by atoms with Gasteiger partial charge in [0.1, 0.15) is 0 Å². The van der Waals surface area contributed by atoms with E-state index in [1.54, 1.807) is 0 Å². The molecule has 0 saturated heterocycles. The Hall–Kier alpha value is -0.220. The summed E-state index contributed by atoms with van der Waals surface area (Å²) in [6.45, 7) is -0.223. The smallest absolute Gasteiger partial charge is 0.216 e. The molecular formula is C4H13N3O4S2. The minimum atomic E-state index is -3.81. The number of nitrogens with one attached hydrogen (secondary N) is 1. The summed E-state index contributed by atoms with van der Waals surface area (Å²) in [5.74, 6) is -0.309. The zero-order valence-electron chi connectivity index (χ0n) is 7.39. The maximum absolute atomic E-state index is 11.1. The van der Waals surface area contributed by atoms with E-state index in [9.17, 15) is 16.8 Å². The summed E-state index contributed by atoms with van der Waals surface area (Å²) in [4.78, 5) is 0. The van der Waals surface area contributed by atoms with Gasteiger partial charge in [0.25, 0.3) is 10.2 Å². The van der Waals surface area contributed by atoms with Gasteiger partial charge in [-0.3, -0.25) is 0 Å². The Labute approximate surface area is 78.1 Å². The standard InChI is InChI=1S/C4H13N3O4S2/c1-7(2)12(8,9)4-3-6-13(5,10)11/h6H,3-4H2,1-2H3,(H2,5,10,11). The molecule has 0 fully saturated rings. The molecule has 0 spiro atoms. The number of hydrogen-bond donors (Lipinski definition) is 2. The largest absolute Gasteiger partial charge is 0.274 e. The van der Waals surface area contributed by atoms with Crippen LogP contribution in [0.2, 0.25) is 0 Å². The maximum Gasteiger partial charge on any atom is 0.274 e. The lowest BCUT2D eigenvalue weighted by Crippen LogP contribution is -2.37. The van der Waals surface area contributed by atoms with Gasteiger partial charge in [0.2, 0.25) is 10.0 Å². The summed E-state index contributed by atoms with van der Waals surface area (Å²) in [7, 11) is -4.44. The van der Waals surface area contributed by atoms with Gasteiger partial charge in [-0.1, -0.05) is 0 Å². The topological polar surface area (TPSA) is 110 Å². The van der Waals surface area contributed by atoms with Gasteiger partial charge in [0, 0.05) is 20.6 Å². The first-order chi connectivity index (χ1) is 5.65. The summed E-state index contributed by atoms with van der Waals surface area (Å²) in [5.41, 5.74) is 0. The maximum atomic E-state index is 11.1. The third-order valence-corrected chi connectivity index (χ3v) is 3.66. The Balaban J connectivity index is 4.07. The summed E-state index contributed by atoms with van der Waals surface area (Å²) >= 11 is 0. The molecule has 80 valence electrons. The van der Waals surface area contributed by atoms with E-state index >= 15 is 0 Å².